The van der Waals surface area contributed by atoms with Crippen LogP contribution >= 0.6 is 19.1 Å². The van der Waals surface area contributed by atoms with Crippen LogP contribution in [0.4, 0.5) is 0 Å². The van der Waals surface area contributed by atoms with Crippen LogP contribution in [0, 0.1) is 0 Å². The van der Waals surface area contributed by atoms with Crippen molar-refractivity contribution in [1.82, 2.24) is 0 Å². The van der Waals surface area contributed by atoms with Gasteiger partial charge in [0.15, 0.2) is 0 Å². The molecule has 0 aliphatic heterocycles. The largest absolute Gasteiger partial charge is 0 e. The Kier molecular flexibility index (Phi) is 76.1. The van der Waals surface area contributed by atoms with E-state index in [2.05, 4.69) is 4.89 Å². The van der Waals surface area contributed by atoms with Crippen molar-refractivity contribution in [2.45, 2.75) is 0 Å². The predicted octanol–water partition coefficient (Wildman–Crippen LogP) is 0.158. The summed E-state index contributed by atoms with van der Waals surface area (Å²) in [6, 6.07) is 0. The molecule has 0 bridgehead atoms. The van der Waals surface area contributed by atoms with Crippen molar-refractivity contribution in [1.29, 1.82) is 0 Å². The second-order valence-electron chi connectivity index (χ2n) is 0.220. The Labute approximate surface area is 154 Å². The van der Waals surface area contributed by atoms with Gasteiger partial charge < -0.3 is 9.68 Å². The monoisotopic (exact) mass is 315 g/mol. The Morgan fingerprint density at radius 3 is 1.56 bits per heavy atom. The van der Waals surface area contributed by atoms with Crippen LogP contribution in [0.3, 0.4) is 0 Å². The average molecular weight is 317 g/mol. The third kappa shape index (κ3) is 48.3. The van der Waals surface area contributed by atoms with E-state index in [-0.39, 0.29) is 119 Å². The standard InChI is InChI=1S/CHO3.2ClH.2K.Pd/c2-1-4-3;;;;;/h3H;2*1H;;;/q-1;;;;;+2/p-2. The van der Waals surface area contributed by atoms with Gasteiger partial charge in [-0.15, -0.1) is 0 Å². The van der Waals surface area contributed by atoms with Crippen molar-refractivity contribution >= 4 is 128 Å². The molecule has 0 saturated heterocycles. The molecule has 0 saturated carbocycles. The summed E-state index contributed by atoms with van der Waals surface area (Å²) in [7, 11) is 9.63. The molecule has 2 radical (unpaired) electrons. The van der Waals surface area contributed by atoms with Crippen molar-refractivity contribution in [2.24, 2.45) is 0 Å². The molecule has 0 aromatic heterocycles. The first-order valence-electron chi connectivity index (χ1n) is 0.830. The summed E-state index contributed by atoms with van der Waals surface area (Å²) < 4.78 is 0. The van der Waals surface area contributed by atoms with Crippen LogP contribution in [-0.4, -0.2) is 114 Å². The van der Waals surface area contributed by atoms with Crippen molar-refractivity contribution in [3.63, 3.8) is 0 Å². The minimum absolute atomic E-state index is 0. The molecule has 0 rings (SSSR count). The van der Waals surface area contributed by atoms with Crippen molar-refractivity contribution in [3.8, 4) is 0 Å². The van der Waals surface area contributed by atoms with E-state index in [0.29, 0.717) is 0 Å². The van der Waals surface area contributed by atoms with Crippen LogP contribution < -0.4 is 0 Å². The van der Waals surface area contributed by atoms with E-state index in [0.717, 1.165) is 6.47 Å². The first-order valence-corrected chi connectivity index (χ1v) is 4.83. The summed E-state index contributed by atoms with van der Waals surface area (Å²) in [5.41, 5.74) is 0. The molecular weight excluding hydrogens is 316 g/mol. The Balaban J connectivity index is -0.0000000233. The van der Waals surface area contributed by atoms with E-state index in [1.54, 1.807) is 0 Å². The van der Waals surface area contributed by atoms with E-state index < -0.39 is 0 Å². The second kappa shape index (κ2) is 29.7. The fourth-order valence-electron chi connectivity index (χ4n) is 0. The molecule has 50 valence electrons. The minimum Gasteiger partial charge on any atom is 0 e. The topological polar surface area (TPSA) is 46.5 Å². The number of hydrogen-bond acceptors (Lipinski definition) is 3. The van der Waals surface area contributed by atoms with Crippen LogP contribution in [0.5, 0.6) is 0 Å². The molecule has 0 aromatic rings. The maximum absolute atomic E-state index is 8.58. The van der Waals surface area contributed by atoms with Gasteiger partial charge in [-0.3, -0.25) is 0 Å². The van der Waals surface area contributed by atoms with E-state index in [9.17, 15) is 0 Å². The van der Waals surface area contributed by atoms with Gasteiger partial charge in [0.1, 0.15) is 0 Å². The zero-order chi connectivity index (χ0) is 6.12. The predicted molar refractivity (Wildman–Crippen MR) is 32.6 cm³/mol. The quantitative estimate of drug-likeness (QED) is 0.324. The van der Waals surface area contributed by atoms with E-state index >= 15 is 0 Å². The van der Waals surface area contributed by atoms with Gasteiger partial charge in [-0.05, 0) is 6.47 Å². The molecule has 0 amide bonds. The normalized spacial score (nSPS) is 4.78. The summed E-state index contributed by atoms with van der Waals surface area (Å²) in [5.74, 6) is 0. The first kappa shape index (κ1) is 23.1. The van der Waals surface area contributed by atoms with Gasteiger partial charge in [-0.1, -0.05) is 0 Å². The maximum Gasteiger partial charge on any atom is 0 e. The summed E-state index contributed by atoms with van der Waals surface area (Å²) in [6.45, 7) is 0.736. The number of carbonyl (C=O) groups excluding carboxylic acids is 1. The summed E-state index contributed by atoms with van der Waals surface area (Å²) >= 11 is -0.106. The molecule has 8 heteroatoms. The van der Waals surface area contributed by atoms with E-state index in [1.165, 1.54) is 0 Å². The molecule has 0 spiro atoms. The summed E-state index contributed by atoms with van der Waals surface area (Å²) in [5, 5.41) is 6.95. The van der Waals surface area contributed by atoms with Gasteiger partial charge in [0, 0.05) is 103 Å². The fraction of sp³-hybridized carbons (Fsp3) is 0. The maximum atomic E-state index is 8.58. The van der Waals surface area contributed by atoms with Crippen molar-refractivity contribution in [2.75, 3.05) is 0 Å². The Morgan fingerprint density at radius 1 is 1.44 bits per heavy atom. The van der Waals surface area contributed by atoms with Crippen molar-refractivity contribution in [3.05, 3.63) is 0 Å². The zero-order valence-electron chi connectivity index (χ0n) is 4.84. The molecule has 0 fully saturated rings. The molecule has 0 unspecified atom stereocenters. The molecule has 0 aliphatic carbocycles. The molecule has 3 nitrogen and oxygen atoms in total. The Bertz CT molecular complexity index is 41.0. The summed E-state index contributed by atoms with van der Waals surface area (Å²) in [6.07, 6.45) is 0. The third-order valence-electron chi connectivity index (χ3n) is 0.0373. The fourth-order valence-corrected chi connectivity index (χ4v) is 0. The smallest absolute Gasteiger partial charge is 0 e. The Morgan fingerprint density at radius 2 is 1.56 bits per heavy atom. The van der Waals surface area contributed by atoms with Gasteiger partial charge >= 0.3 is 35.0 Å². The van der Waals surface area contributed by atoms with Crippen LogP contribution in [0.2, 0.25) is 0 Å². The average Bonchev–Trinajstić information content (AvgIpc) is 1.69. The van der Waals surface area contributed by atoms with Gasteiger partial charge in [-0.2, -0.15) is 0 Å². The molecule has 0 aromatic carbocycles. The molecule has 0 atom stereocenters. The SMILES string of the molecule is O=[C-]OO.[Cl][Pd][Cl].[K].[K]. The second-order valence-corrected chi connectivity index (χ2v) is 2.58. The Hall–Kier alpha value is 3.95. The van der Waals surface area contributed by atoms with E-state index in [4.69, 9.17) is 29.1 Å². The van der Waals surface area contributed by atoms with Crippen LogP contribution in [0.25, 0.3) is 0 Å². The van der Waals surface area contributed by atoms with Crippen LogP contribution in [0.1, 0.15) is 0 Å². The zero-order valence-corrected chi connectivity index (χ0v) is 14.1. The van der Waals surface area contributed by atoms with Gasteiger partial charge in [0.25, 0.3) is 0 Å². The molecule has 0 aliphatic rings. The number of hydrogen-bond donors (Lipinski definition) is 1. The minimum atomic E-state index is -0.106. The van der Waals surface area contributed by atoms with Crippen molar-refractivity contribution < 1.29 is 30.9 Å². The van der Waals surface area contributed by atoms with Crippen LogP contribution in [-0.2, 0) is 25.6 Å². The van der Waals surface area contributed by atoms with Gasteiger partial charge in [0.05, 0.1) is 0 Å². The first-order chi connectivity index (χ1) is 3.33. The molecule has 9 heavy (non-hydrogen) atoms. The molecule has 0 heterocycles. The third-order valence-corrected chi connectivity index (χ3v) is 0.0373. The molecule has 1 N–H and O–H groups in total. The van der Waals surface area contributed by atoms with E-state index in [1.807, 2.05) is 0 Å². The summed E-state index contributed by atoms with van der Waals surface area (Å²) in [4.78, 5) is 11.3. The number of halogens is 2. The number of rotatable bonds is 1. The van der Waals surface area contributed by atoms with Crippen LogP contribution in [0.15, 0.2) is 0 Å². The van der Waals surface area contributed by atoms with Gasteiger partial charge in [0.2, 0.25) is 0 Å². The van der Waals surface area contributed by atoms with Gasteiger partial charge in [-0.25, -0.2) is 5.26 Å². The molecular formula is CHCl2K2O3Pd-.